The van der Waals surface area contributed by atoms with Crippen molar-refractivity contribution >= 4 is 12.2 Å². The van der Waals surface area contributed by atoms with E-state index in [1.54, 1.807) is 19.4 Å². The Labute approximate surface area is 142 Å². The Bertz CT molecular complexity index is 738. The second-order valence-electron chi connectivity index (χ2n) is 5.50. The summed E-state index contributed by atoms with van der Waals surface area (Å²) < 4.78 is 0. The number of nitrogens with zero attached hydrogens (tertiary/aromatic N) is 2. The molecular weight excluding hydrogens is 300 g/mol. The summed E-state index contributed by atoms with van der Waals surface area (Å²) in [5, 5.41) is 16.5. The second-order valence-corrected chi connectivity index (χ2v) is 5.50. The van der Waals surface area contributed by atoms with E-state index in [2.05, 4.69) is 58.0 Å². The summed E-state index contributed by atoms with van der Waals surface area (Å²) >= 11 is 0. The van der Waals surface area contributed by atoms with E-state index in [1.807, 2.05) is 13.1 Å². The molecule has 1 aromatic heterocycles. The third-order valence-electron chi connectivity index (χ3n) is 3.83. The van der Waals surface area contributed by atoms with Gasteiger partial charge in [0.25, 0.3) is 0 Å². The third kappa shape index (κ3) is 4.17. The first-order chi connectivity index (χ1) is 11.6. The van der Waals surface area contributed by atoms with E-state index in [0.29, 0.717) is 17.7 Å². The van der Waals surface area contributed by atoms with Crippen molar-refractivity contribution in [3.8, 4) is 11.3 Å². The molecule has 0 saturated carbocycles. The highest BCUT2D eigenvalue weighted by atomic mass is 15.1. The van der Waals surface area contributed by atoms with Gasteiger partial charge >= 0.3 is 0 Å². The average Bonchev–Trinajstić information content (AvgIpc) is 2.60. The standard InChI is InChI=1S/C18H24N6/c1-12-9-14(5-6-16(12)13(2)21-4)17-7-8-22-18(24-17)23-15(10-19)11-20-3/h5-11,13,19-21H,1-4H3,(H,22,23,24)/b15-11+,19-10?. The van der Waals surface area contributed by atoms with Gasteiger partial charge in [0.2, 0.25) is 5.95 Å². The molecule has 0 aliphatic carbocycles. The summed E-state index contributed by atoms with van der Waals surface area (Å²) in [6.07, 6.45) is 4.61. The van der Waals surface area contributed by atoms with Gasteiger partial charge in [0, 0.05) is 37.3 Å². The summed E-state index contributed by atoms with van der Waals surface area (Å²) in [6.45, 7) is 4.25. The molecule has 0 amide bonds. The summed E-state index contributed by atoms with van der Waals surface area (Å²) in [5.74, 6) is 0.461. The van der Waals surface area contributed by atoms with E-state index in [-0.39, 0.29) is 0 Å². The molecule has 6 heteroatoms. The molecule has 0 aliphatic heterocycles. The van der Waals surface area contributed by atoms with Crippen molar-refractivity contribution in [2.45, 2.75) is 19.9 Å². The molecular formula is C18H24N6. The first-order valence-electron chi connectivity index (χ1n) is 7.85. The van der Waals surface area contributed by atoms with Gasteiger partial charge in [0.1, 0.15) is 0 Å². The number of hydrogen-bond acceptors (Lipinski definition) is 6. The Morgan fingerprint density at radius 2 is 2.04 bits per heavy atom. The predicted octanol–water partition coefficient (Wildman–Crippen LogP) is 2.85. The van der Waals surface area contributed by atoms with E-state index >= 15 is 0 Å². The maximum Gasteiger partial charge on any atom is 0.227 e. The van der Waals surface area contributed by atoms with Crippen LogP contribution in [0.2, 0.25) is 0 Å². The van der Waals surface area contributed by atoms with Gasteiger partial charge in [-0.05, 0) is 44.2 Å². The fraction of sp³-hybridized carbons (Fsp3) is 0.278. The number of allylic oxidation sites excluding steroid dienone is 1. The van der Waals surface area contributed by atoms with Gasteiger partial charge in [0.05, 0.1) is 11.4 Å². The molecule has 24 heavy (non-hydrogen) atoms. The summed E-state index contributed by atoms with van der Waals surface area (Å²) in [5.41, 5.74) is 4.96. The van der Waals surface area contributed by atoms with Crippen LogP contribution in [-0.2, 0) is 0 Å². The van der Waals surface area contributed by atoms with E-state index in [0.717, 1.165) is 11.3 Å². The largest absolute Gasteiger partial charge is 0.392 e. The van der Waals surface area contributed by atoms with Crippen LogP contribution in [0.25, 0.3) is 11.3 Å². The highest BCUT2D eigenvalue weighted by Crippen LogP contribution is 2.24. The molecule has 126 valence electrons. The number of hydrogen-bond donors (Lipinski definition) is 4. The van der Waals surface area contributed by atoms with Crippen LogP contribution in [0.4, 0.5) is 5.95 Å². The third-order valence-corrected chi connectivity index (χ3v) is 3.83. The summed E-state index contributed by atoms with van der Waals surface area (Å²) in [7, 11) is 3.74. The quantitative estimate of drug-likeness (QED) is 0.589. The molecule has 0 fully saturated rings. The lowest BCUT2D eigenvalue weighted by atomic mass is 9.99. The highest BCUT2D eigenvalue weighted by Gasteiger charge is 2.09. The van der Waals surface area contributed by atoms with Crippen LogP contribution in [0, 0.1) is 12.3 Å². The summed E-state index contributed by atoms with van der Waals surface area (Å²) in [6, 6.07) is 8.53. The zero-order valence-electron chi connectivity index (χ0n) is 14.5. The number of benzene rings is 1. The maximum absolute atomic E-state index is 7.38. The van der Waals surface area contributed by atoms with Gasteiger partial charge in [-0.1, -0.05) is 12.1 Å². The molecule has 0 spiro atoms. The Hall–Kier alpha value is -2.73. The van der Waals surface area contributed by atoms with Gasteiger partial charge in [-0.2, -0.15) is 0 Å². The van der Waals surface area contributed by atoms with Gasteiger partial charge in [-0.3, -0.25) is 0 Å². The van der Waals surface area contributed by atoms with Crippen molar-refractivity contribution in [1.29, 1.82) is 5.41 Å². The van der Waals surface area contributed by atoms with Crippen LogP contribution in [0.1, 0.15) is 24.1 Å². The minimum absolute atomic E-state index is 0.309. The molecule has 0 bridgehead atoms. The Balaban J connectivity index is 2.30. The smallest absolute Gasteiger partial charge is 0.227 e. The molecule has 0 saturated heterocycles. The van der Waals surface area contributed by atoms with Gasteiger partial charge in [-0.25, -0.2) is 9.97 Å². The van der Waals surface area contributed by atoms with E-state index < -0.39 is 0 Å². The van der Waals surface area contributed by atoms with Crippen LogP contribution >= 0.6 is 0 Å². The van der Waals surface area contributed by atoms with E-state index in [9.17, 15) is 0 Å². The molecule has 2 rings (SSSR count). The second kappa shape index (κ2) is 8.21. The fourth-order valence-electron chi connectivity index (χ4n) is 2.45. The molecule has 1 atom stereocenters. The number of anilines is 1. The topological polar surface area (TPSA) is 85.7 Å². The van der Waals surface area contributed by atoms with Gasteiger partial charge in [-0.15, -0.1) is 0 Å². The number of aromatic nitrogens is 2. The van der Waals surface area contributed by atoms with Crippen molar-refractivity contribution in [2.24, 2.45) is 0 Å². The SMILES string of the molecule is CN/C=C(\C=N)Nc1nccc(-c2ccc(C(C)NC)c(C)c2)n1. The molecule has 1 unspecified atom stereocenters. The molecule has 0 radical (unpaired) electrons. The van der Waals surface area contributed by atoms with Crippen LogP contribution < -0.4 is 16.0 Å². The van der Waals surface area contributed by atoms with E-state index in [1.165, 1.54) is 17.3 Å². The van der Waals surface area contributed by atoms with Crippen molar-refractivity contribution < 1.29 is 0 Å². The predicted molar refractivity (Wildman–Crippen MR) is 99.2 cm³/mol. The Morgan fingerprint density at radius 1 is 1.25 bits per heavy atom. The van der Waals surface area contributed by atoms with Crippen molar-refractivity contribution in [1.82, 2.24) is 20.6 Å². The number of nitrogens with one attached hydrogen (secondary N) is 4. The lowest BCUT2D eigenvalue weighted by Gasteiger charge is -2.15. The molecule has 1 heterocycles. The number of aryl methyl sites for hydroxylation is 1. The molecule has 0 aliphatic rings. The van der Waals surface area contributed by atoms with Crippen molar-refractivity contribution in [2.75, 3.05) is 19.4 Å². The Kier molecular flexibility index (Phi) is 6.03. The lowest BCUT2D eigenvalue weighted by molar-refractivity contribution is 0.648. The first-order valence-corrected chi connectivity index (χ1v) is 7.85. The number of rotatable bonds is 7. The molecule has 1 aromatic carbocycles. The van der Waals surface area contributed by atoms with Crippen molar-refractivity contribution in [3.05, 3.63) is 53.5 Å². The lowest BCUT2D eigenvalue weighted by Crippen LogP contribution is -2.13. The minimum Gasteiger partial charge on any atom is -0.392 e. The van der Waals surface area contributed by atoms with Crippen LogP contribution in [0.15, 0.2) is 42.4 Å². The molecule has 4 N–H and O–H groups in total. The van der Waals surface area contributed by atoms with Gasteiger partial charge in [0.15, 0.2) is 0 Å². The average molecular weight is 324 g/mol. The zero-order valence-corrected chi connectivity index (χ0v) is 14.5. The van der Waals surface area contributed by atoms with Crippen molar-refractivity contribution in [3.63, 3.8) is 0 Å². The molecule has 2 aromatic rings. The molecule has 6 nitrogen and oxygen atoms in total. The van der Waals surface area contributed by atoms with Crippen LogP contribution in [0.5, 0.6) is 0 Å². The minimum atomic E-state index is 0.309. The first kappa shape index (κ1) is 17.6. The maximum atomic E-state index is 7.38. The fourth-order valence-corrected chi connectivity index (χ4v) is 2.45. The van der Waals surface area contributed by atoms with Crippen LogP contribution in [-0.4, -0.2) is 30.3 Å². The summed E-state index contributed by atoms with van der Waals surface area (Å²) in [4.78, 5) is 8.75. The Morgan fingerprint density at radius 3 is 2.67 bits per heavy atom. The van der Waals surface area contributed by atoms with E-state index in [4.69, 9.17) is 5.41 Å². The van der Waals surface area contributed by atoms with Gasteiger partial charge < -0.3 is 21.4 Å². The highest BCUT2D eigenvalue weighted by molar-refractivity contribution is 5.79. The zero-order chi connectivity index (χ0) is 17.5. The normalized spacial score (nSPS) is 12.6. The monoisotopic (exact) mass is 324 g/mol. The van der Waals surface area contributed by atoms with Crippen LogP contribution in [0.3, 0.4) is 0 Å².